The predicted molar refractivity (Wildman–Crippen MR) is 105 cm³/mol. The van der Waals surface area contributed by atoms with Crippen molar-refractivity contribution in [2.24, 2.45) is 0 Å². The standard InChI is InChI=1S/C18H20N3O7P/c1-3-26-29(24,27-4-2)18-17(19-12-15-9-6-10-25-15)28-16(20-18)13-7-5-8-14(11-13)21(22)23/h5-11,19H,3-4,12H2,1-2H3. The Morgan fingerprint density at radius 2 is 1.97 bits per heavy atom. The zero-order chi connectivity index (χ0) is 20.9. The van der Waals surface area contributed by atoms with Crippen LogP contribution in [0.25, 0.3) is 11.5 Å². The van der Waals surface area contributed by atoms with Gasteiger partial charge in [-0.15, -0.1) is 0 Å². The second kappa shape index (κ2) is 9.04. The summed E-state index contributed by atoms with van der Waals surface area (Å²) in [4.78, 5) is 14.8. The van der Waals surface area contributed by atoms with Gasteiger partial charge < -0.3 is 23.2 Å². The van der Waals surface area contributed by atoms with Gasteiger partial charge in [0.1, 0.15) is 5.76 Å². The van der Waals surface area contributed by atoms with Crippen LogP contribution in [0.4, 0.5) is 11.6 Å². The maximum Gasteiger partial charge on any atom is 0.385 e. The summed E-state index contributed by atoms with van der Waals surface area (Å²) in [5.74, 6) is 0.741. The van der Waals surface area contributed by atoms with Gasteiger partial charge in [-0.05, 0) is 32.0 Å². The third kappa shape index (κ3) is 4.73. The summed E-state index contributed by atoms with van der Waals surface area (Å²) in [6.07, 6.45) is 1.53. The number of hydrogen-bond donors (Lipinski definition) is 1. The van der Waals surface area contributed by atoms with Crippen LogP contribution >= 0.6 is 7.60 Å². The Balaban J connectivity index is 2.03. The van der Waals surface area contributed by atoms with Crippen molar-refractivity contribution < 1.29 is 27.4 Å². The SMILES string of the molecule is CCOP(=O)(OCC)c1nc(-c2cccc([N+](=O)[O-])c2)oc1NCc1ccco1. The van der Waals surface area contributed by atoms with E-state index in [0.717, 1.165) is 0 Å². The minimum absolute atomic E-state index is 0.0331. The molecule has 0 aliphatic rings. The molecular formula is C18H20N3O7P. The monoisotopic (exact) mass is 421 g/mol. The fourth-order valence-corrected chi connectivity index (χ4v) is 4.15. The molecule has 3 aromatic rings. The topological polar surface area (TPSA) is 130 Å². The molecule has 0 fully saturated rings. The maximum absolute atomic E-state index is 13.3. The summed E-state index contributed by atoms with van der Waals surface area (Å²) < 4.78 is 35.1. The quantitative estimate of drug-likeness (QED) is 0.288. The molecule has 1 aromatic carbocycles. The van der Waals surface area contributed by atoms with Crippen LogP contribution in [0.5, 0.6) is 0 Å². The van der Waals surface area contributed by atoms with Crippen LogP contribution in [-0.2, 0) is 20.2 Å². The number of rotatable bonds is 10. The number of hydrogen-bond acceptors (Lipinski definition) is 9. The van der Waals surface area contributed by atoms with Crippen molar-refractivity contribution >= 4 is 24.6 Å². The fourth-order valence-electron chi connectivity index (χ4n) is 2.57. The first kappa shape index (κ1) is 20.8. The predicted octanol–water partition coefficient (Wildman–Crippen LogP) is 4.35. The molecule has 154 valence electrons. The van der Waals surface area contributed by atoms with Crippen LogP contribution in [-0.4, -0.2) is 23.1 Å². The molecule has 3 rings (SSSR count). The van der Waals surface area contributed by atoms with Crippen LogP contribution in [0.3, 0.4) is 0 Å². The second-order valence-corrected chi connectivity index (χ2v) is 7.68. The molecule has 0 amide bonds. The van der Waals surface area contributed by atoms with E-state index in [1.54, 1.807) is 32.0 Å². The first-order valence-electron chi connectivity index (χ1n) is 8.88. The molecule has 29 heavy (non-hydrogen) atoms. The number of furan rings is 1. The minimum Gasteiger partial charge on any atom is -0.467 e. The van der Waals surface area contributed by atoms with Crippen LogP contribution in [0.2, 0.25) is 0 Å². The van der Waals surface area contributed by atoms with Gasteiger partial charge in [-0.1, -0.05) is 6.07 Å². The number of non-ortho nitro benzene ring substituents is 1. The summed E-state index contributed by atoms with van der Waals surface area (Å²) in [5, 5.41) is 14.0. The van der Waals surface area contributed by atoms with Gasteiger partial charge in [0.25, 0.3) is 5.69 Å². The molecule has 2 heterocycles. The van der Waals surface area contributed by atoms with E-state index in [9.17, 15) is 14.7 Å². The minimum atomic E-state index is -3.78. The van der Waals surface area contributed by atoms with Gasteiger partial charge in [0.15, 0.2) is 0 Å². The molecular weight excluding hydrogens is 401 g/mol. The first-order chi connectivity index (χ1) is 14.0. The Hall–Kier alpha value is -2.94. The molecule has 1 N–H and O–H groups in total. The third-order valence-corrected chi connectivity index (χ3v) is 5.79. The smallest absolute Gasteiger partial charge is 0.385 e. The van der Waals surface area contributed by atoms with Gasteiger partial charge >= 0.3 is 7.60 Å². The molecule has 11 heteroatoms. The Morgan fingerprint density at radius 3 is 2.59 bits per heavy atom. The van der Waals surface area contributed by atoms with Crippen molar-refractivity contribution in [2.45, 2.75) is 20.4 Å². The van der Waals surface area contributed by atoms with E-state index in [1.165, 1.54) is 24.5 Å². The number of nitro groups is 1. The van der Waals surface area contributed by atoms with Gasteiger partial charge in [-0.25, -0.2) is 0 Å². The Morgan fingerprint density at radius 1 is 1.21 bits per heavy atom. The number of anilines is 1. The summed E-state index contributed by atoms with van der Waals surface area (Å²) in [5.41, 5.74) is 0.199. The summed E-state index contributed by atoms with van der Waals surface area (Å²) in [6, 6.07) is 9.28. The van der Waals surface area contributed by atoms with E-state index in [2.05, 4.69) is 10.3 Å². The zero-order valence-corrected chi connectivity index (χ0v) is 16.8. The highest BCUT2D eigenvalue weighted by Gasteiger charge is 2.36. The van der Waals surface area contributed by atoms with Gasteiger partial charge in [0.2, 0.25) is 17.2 Å². The Bertz CT molecular complexity index is 1010. The van der Waals surface area contributed by atoms with Crippen molar-refractivity contribution in [3.63, 3.8) is 0 Å². The van der Waals surface area contributed by atoms with Gasteiger partial charge in [0, 0.05) is 17.7 Å². The van der Waals surface area contributed by atoms with E-state index in [0.29, 0.717) is 11.3 Å². The summed E-state index contributed by atoms with van der Waals surface area (Å²) in [7, 11) is -3.78. The fraction of sp³-hybridized carbons (Fsp3) is 0.278. The van der Waals surface area contributed by atoms with Crippen LogP contribution in [0, 0.1) is 10.1 Å². The van der Waals surface area contributed by atoms with E-state index in [4.69, 9.17) is 17.9 Å². The first-order valence-corrected chi connectivity index (χ1v) is 10.4. The molecule has 0 aliphatic heterocycles. The molecule has 10 nitrogen and oxygen atoms in total. The van der Waals surface area contributed by atoms with E-state index in [-0.39, 0.29) is 42.7 Å². The van der Waals surface area contributed by atoms with Crippen molar-refractivity contribution in [2.75, 3.05) is 18.5 Å². The molecule has 2 aromatic heterocycles. The highest BCUT2D eigenvalue weighted by molar-refractivity contribution is 7.62. The second-order valence-electron chi connectivity index (χ2n) is 5.75. The number of nitrogens with zero attached hydrogens (tertiary/aromatic N) is 2. The van der Waals surface area contributed by atoms with Crippen molar-refractivity contribution in [3.05, 3.63) is 58.5 Å². The van der Waals surface area contributed by atoms with Gasteiger partial charge in [0.05, 0.1) is 30.9 Å². The summed E-state index contributed by atoms with van der Waals surface area (Å²) in [6.45, 7) is 3.87. The number of aromatic nitrogens is 1. The maximum atomic E-state index is 13.3. The molecule has 0 radical (unpaired) electrons. The lowest BCUT2D eigenvalue weighted by Crippen LogP contribution is -2.16. The number of nitrogens with one attached hydrogen (secondary N) is 1. The van der Waals surface area contributed by atoms with Crippen molar-refractivity contribution in [1.82, 2.24) is 4.98 Å². The molecule has 0 unspecified atom stereocenters. The van der Waals surface area contributed by atoms with Crippen LogP contribution < -0.4 is 10.8 Å². The molecule has 0 spiro atoms. The molecule has 0 aliphatic carbocycles. The van der Waals surface area contributed by atoms with Crippen LogP contribution in [0.15, 0.2) is 51.5 Å². The highest BCUT2D eigenvalue weighted by Crippen LogP contribution is 2.49. The molecule has 0 atom stereocenters. The lowest BCUT2D eigenvalue weighted by atomic mass is 10.2. The molecule has 0 saturated heterocycles. The van der Waals surface area contributed by atoms with Gasteiger partial charge in [-0.3, -0.25) is 14.7 Å². The number of nitro benzene ring substituents is 1. The average molecular weight is 421 g/mol. The van der Waals surface area contributed by atoms with E-state index in [1.807, 2.05) is 0 Å². The Kier molecular flexibility index (Phi) is 6.48. The number of benzene rings is 1. The largest absolute Gasteiger partial charge is 0.467 e. The molecule has 0 bridgehead atoms. The third-order valence-electron chi connectivity index (χ3n) is 3.77. The zero-order valence-electron chi connectivity index (χ0n) is 15.9. The van der Waals surface area contributed by atoms with Crippen LogP contribution in [0.1, 0.15) is 19.6 Å². The lowest BCUT2D eigenvalue weighted by Gasteiger charge is -2.15. The lowest BCUT2D eigenvalue weighted by molar-refractivity contribution is -0.384. The van der Waals surface area contributed by atoms with Crippen molar-refractivity contribution in [1.29, 1.82) is 0 Å². The molecule has 0 saturated carbocycles. The van der Waals surface area contributed by atoms with E-state index < -0.39 is 12.5 Å². The Labute approximate surface area is 166 Å². The number of oxazole rings is 1. The van der Waals surface area contributed by atoms with Gasteiger partial charge in [-0.2, -0.15) is 4.98 Å². The van der Waals surface area contributed by atoms with E-state index >= 15 is 0 Å². The van der Waals surface area contributed by atoms with Crippen molar-refractivity contribution in [3.8, 4) is 11.5 Å². The normalized spacial score (nSPS) is 11.5. The highest BCUT2D eigenvalue weighted by atomic mass is 31.2. The summed E-state index contributed by atoms with van der Waals surface area (Å²) >= 11 is 0. The average Bonchev–Trinajstić information content (AvgIpc) is 3.37.